The first kappa shape index (κ1) is 13.5. The summed E-state index contributed by atoms with van der Waals surface area (Å²) in [5, 5.41) is 9.34. The summed E-state index contributed by atoms with van der Waals surface area (Å²) in [6.45, 7) is 2.77. The number of carbonyl (C=O) groups excluding carboxylic acids is 2. The number of aliphatic carboxylic acids is 1. The van der Waals surface area contributed by atoms with Crippen molar-refractivity contribution in [2.75, 3.05) is 13.1 Å². The first-order chi connectivity index (χ1) is 9.42. The van der Waals surface area contributed by atoms with Gasteiger partial charge in [0.25, 0.3) is 0 Å². The normalized spacial score (nSPS) is 35.6. The summed E-state index contributed by atoms with van der Waals surface area (Å²) in [7, 11) is 0. The van der Waals surface area contributed by atoms with Gasteiger partial charge in [-0.2, -0.15) is 0 Å². The largest absolute Gasteiger partial charge is 0.481 e. The van der Waals surface area contributed by atoms with Gasteiger partial charge >= 0.3 is 5.97 Å². The Hall–Kier alpha value is -1.43. The molecule has 0 bridgehead atoms. The third-order valence-electron chi connectivity index (χ3n) is 4.75. The summed E-state index contributed by atoms with van der Waals surface area (Å²) in [5.41, 5.74) is -0.811. The van der Waals surface area contributed by atoms with Crippen molar-refractivity contribution in [1.29, 1.82) is 0 Å². The molecule has 1 saturated carbocycles. The van der Waals surface area contributed by atoms with E-state index in [2.05, 4.69) is 0 Å². The molecule has 2 atom stereocenters. The predicted molar refractivity (Wildman–Crippen MR) is 69.8 cm³/mol. The lowest BCUT2D eigenvalue weighted by Crippen LogP contribution is -2.52. The Morgan fingerprint density at radius 2 is 2.05 bits per heavy atom. The Balaban J connectivity index is 1.74. The number of hydrogen-bond acceptors (Lipinski definition) is 4. The highest BCUT2D eigenvalue weighted by Crippen LogP contribution is 2.36. The fraction of sp³-hybridized carbons (Fsp3) is 0.786. The van der Waals surface area contributed by atoms with Crippen LogP contribution < -0.4 is 0 Å². The molecular formula is C14H20N2O4. The lowest BCUT2D eigenvalue weighted by Gasteiger charge is -2.39. The zero-order valence-corrected chi connectivity index (χ0v) is 11.7. The number of piperidine rings is 1. The average molecular weight is 280 g/mol. The molecule has 2 unspecified atom stereocenters. The molecule has 0 aromatic rings. The van der Waals surface area contributed by atoms with Crippen LogP contribution in [0.15, 0.2) is 0 Å². The van der Waals surface area contributed by atoms with E-state index in [1.165, 1.54) is 4.90 Å². The number of likely N-dealkylation sites (tertiary alicyclic amines) is 2. The van der Waals surface area contributed by atoms with Crippen LogP contribution >= 0.6 is 0 Å². The number of hydrogen-bond donors (Lipinski definition) is 1. The smallest absolute Gasteiger partial charge is 0.310 e. The fourth-order valence-corrected chi connectivity index (χ4v) is 3.36. The second-order valence-corrected chi connectivity index (χ2v) is 6.49. The highest BCUT2D eigenvalue weighted by atomic mass is 16.4. The van der Waals surface area contributed by atoms with E-state index in [1.807, 2.05) is 4.90 Å². The van der Waals surface area contributed by atoms with Crippen LogP contribution in [0.5, 0.6) is 0 Å². The van der Waals surface area contributed by atoms with Crippen molar-refractivity contribution in [1.82, 2.24) is 9.80 Å². The third-order valence-corrected chi connectivity index (χ3v) is 4.75. The molecule has 0 aromatic carbocycles. The van der Waals surface area contributed by atoms with Gasteiger partial charge < -0.3 is 5.11 Å². The molecule has 2 saturated heterocycles. The molecule has 3 fully saturated rings. The average Bonchev–Trinajstić information content (AvgIpc) is 3.16. The number of amides is 2. The number of nitrogens with zero attached hydrogens (tertiary/aromatic N) is 2. The van der Waals surface area contributed by atoms with Gasteiger partial charge in [0.2, 0.25) is 11.8 Å². The predicted octanol–water partition coefficient (Wildman–Crippen LogP) is 0.463. The van der Waals surface area contributed by atoms with E-state index in [4.69, 9.17) is 0 Å². The maximum absolute atomic E-state index is 12.4. The summed E-state index contributed by atoms with van der Waals surface area (Å²) in [4.78, 5) is 39.1. The zero-order valence-electron chi connectivity index (χ0n) is 11.7. The molecule has 1 aliphatic carbocycles. The molecule has 2 amide bonds. The first-order valence-corrected chi connectivity index (χ1v) is 7.26. The second kappa shape index (κ2) is 4.55. The quantitative estimate of drug-likeness (QED) is 0.760. The van der Waals surface area contributed by atoms with E-state index in [1.54, 1.807) is 6.92 Å². The number of carboxylic acid groups (broad SMARTS) is 1. The number of rotatable bonds is 3. The van der Waals surface area contributed by atoms with Crippen LogP contribution in [0.1, 0.15) is 39.0 Å². The van der Waals surface area contributed by atoms with Crippen LogP contribution in [0.2, 0.25) is 0 Å². The van der Waals surface area contributed by atoms with Crippen molar-refractivity contribution in [3.63, 3.8) is 0 Å². The van der Waals surface area contributed by atoms with Crippen molar-refractivity contribution in [3.05, 3.63) is 0 Å². The first-order valence-electron chi connectivity index (χ1n) is 7.26. The van der Waals surface area contributed by atoms with E-state index >= 15 is 0 Å². The molecule has 0 radical (unpaired) electrons. The lowest BCUT2D eigenvalue weighted by atomic mass is 9.81. The molecule has 2 heterocycles. The molecular weight excluding hydrogens is 260 g/mol. The molecule has 3 rings (SSSR count). The number of imide groups is 1. The molecule has 3 aliphatic rings. The highest BCUT2D eigenvalue weighted by Gasteiger charge is 2.50. The summed E-state index contributed by atoms with van der Waals surface area (Å²) >= 11 is 0. The zero-order chi connectivity index (χ0) is 14.5. The Bertz CT molecular complexity index is 474. The van der Waals surface area contributed by atoms with Gasteiger partial charge in [-0.05, 0) is 39.2 Å². The van der Waals surface area contributed by atoms with Gasteiger partial charge in [-0.1, -0.05) is 0 Å². The number of carboxylic acids is 1. The summed E-state index contributed by atoms with van der Waals surface area (Å²) in [6, 6.07) is -0.335. The Labute approximate surface area is 117 Å². The van der Waals surface area contributed by atoms with Gasteiger partial charge in [0.1, 0.15) is 0 Å². The topological polar surface area (TPSA) is 77.9 Å². The van der Waals surface area contributed by atoms with Crippen LogP contribution in [0, 0.1) is 5.41 Å². The Morgan fingerprint density at radius 1 is 1.35 bits per heavy atom. The fourth-order valence-electron chi connectivity index (χ4n) is 3.36. The molecule has 0 spiro atoms. The maximum atomic E-state index is 12.4. The van der Waals surface area contributed by atoms with Crippen LogP contribution in [-0.4, -0.2) is 57.9 Å². The second-order valence-electron chi connectivity index (χ2n) is 6.49. The lowest BCUT2D eigenvalue weighted by molar-refractivity contribution is -0.153. The van der Waals surface area contributed by atoms with Crippen LogP contribution in [0.3, 0.4) is 0 Å². The minimum atomic E-state index is -0.821. The highest BCUT2D eigenvalue weighted by molar-refractivity contribution is 6.06. The van der Waals surface area contributed by atoms with Crippen LogP contribution in [0.4, 0.5) is 0 Å². The van der Waals surface area contributed by atoms with Crippen molar-refractivity contribution in [3.8, 4) is 0 Å². The van der Waals surface area contributed by atoms with Crippen molar-refractivity contribution < 1.29 is 19.5 Å². The molecule has 6 heteroatoms. The van der Waals surface area contributed by atoms with Gasteiger partial charge in [-0.25, -0.2) is 0 Å². The molecule has 6 nitrogen and oxygen atoms in total. The van der Waals surface area contributed by atoms with Gasteiger partial charge in [0.05, 0.1) is 17.9 Å². The van der Waals surface area contributed by atoms with E-state index in [0.29, 0.717) is 19.5 Å². The maximum Gasteiger partial charge on any atom is 0.310 e. The molecule has 20 heavy (non-hydrogen) atoms. The van der Waals surface area contributed by atoms with Crippen molar-refractivity contribution in [2.45, 2.75) is 51.1 Å². The summed E-state index contributed by atoms with van der Waals surface area (Å²) in [5.74, 6) is -1.03. The van der Waals surface area contributed by atoms with Gasteiger partial charge in [0, 0.05) is 12.6 Å². The monoisotopic (exact) mass is 280 g/mol. The Morgan fingerprint density at radius 3 is 2.65 bits per heavy atom. The van der Waals surface area contributed by atoms with E-state index < -0.39 is 17.4 Å². The van der Waals surface area contributed by atoms with Gasteiger partial charge in [-0.15, -0.1) is 0 Å². The van der Waals surface area contributed by atoms with Crippen molar-refractivity contribution in [2.24, 2.45) is 5.41 Å². The van der Waals surface area contributed by atoms with Crippen molar-refractivity contribution >= 4 is 17.8 Å². The van der Waals surface area contributed by atoms with Gasteiger partial charge in [-0.3, -0.25) is 24.2 Å². The standard InChI is InChI=1S/C14H20N2O4/c1-14(13(19)20)5-2-6-15(8-14)10-7-11(17)16(12(10)18)9-3-4-9/h9-10H,2-8H2,1H3,(H,19,20). The van der Waals surface area contributed by atoms with E-state index in [9.17, 15) is 19.5 Å². The third kappa shape index (κ3) is 2.12. The minimum Gasteiger partial charge on any atom is -0.481 e. The molecule has 0 aromatic heterocycles. The van der Waals surface area contributed by atoms with E-state index in [0.717, 1.165) is 19.3 Å². The molecule has 2 aliphatic heterocycles. The number of carbonyl (C=O) groups is 3. The summed E-state index contributed by atoms with van der Waals surface area (Å²) < 4.78 is 0. The van der Waals surface area contributed by atoms with Crippen LogP contribution in [-0.2, 0) is 14.4 Å². The summed E-state index contributed by atoms with van der Waals surface area (Å²) in [6.07, 6.45) is 3.42. The Kier molecular flexibility index (Phi) is 3.08. The van der Waals surface area contributed by atoms with Gasteiger partial charge in [0.15, 0.2) is 0 Å². The molecule has 1 N–H and O–H groups in total. The molecule has 110 valence electrons. The van der Waals surface area contributed by atoms with Crippen LogP contribution in [0.25, 0.3) is 0 Å². The minimum absolute atomic E-state index is 0.0925. The van der Waals surface area contributed by atoms with E-state index in [-0.39, 0.29) is 24.3 Å². The SMILES string of the molecule is CC1(C(=O)O)CCCN(C2CC(=O)N(C3CC3)C2=O)C1.